The summed E-state index contributed by atoms with van der Waals surface area (Å²) in [5.41, 5.74) is 6.87. The number of hydrogen-bond donors (Lipinski definition) is 2. The minimum absolute atomic E-state index is 0.148. The fourth-order valence-electron chi connectivity index (χ4n) is 2.61. The molecule has 0 bridgehead atoms. The average Bonchev–Trinajstić information content (AvgIpc) is 2.63. The van der Waals surface area contributed by atoms with Crippen molar-refractivity contribution >= 4 is 17.5 Å². The van der Waals surface area contributed by atoms with E-state index in [-0.39, 0.29) is 11.4 Å². The van der Waals surface area contributed by atoms with Gasteiger partial charge >= 0.3 is 5.97 Å². The molecule has 0 atom stereocenters. The standard InChI is InChI=1S/C17H20N4O4/c1-2-25-14-13(17(22)23)19-15(11-3-5-12(18)6-4-11)20-16(14)21-7-9-24-10-8-21/h3-6H,2,7-10,18H2,1H3,(H,22,23). The second kappa shape index (κ2) is 7.35. The molecule has 0 radical (unpaired) electrons. The fraction of sp³-hybridized carbons (Fsp3) is 0.353. The molecule has 1 aliphatic rings. The zero-order chi connectivity index (χ0) is 17.8. The van der Waals surface area contributed by atoms with Crippen LogP contribution in [0, 0.1) is 0 Å². The SMILES string of the molecule is CCOc1c(C(=O)O)nc(-c2ccc(N)cc2)nc1N1CCOCC1. The van der Waals surface area contributed by atoms with Gasteiger partial charge in [-0.15, -0.1) is 0 Å². The second-order valence-electron chi connectivity index (χ2n) is 5.51. The van der Waals surface area contributed by atoms with Crippen molar-refractivity contribution < 1.29 is 19.4 Å². The Kier molecular flexibility index (Phi) is 4.99. The van der Waals surface area contributed by atoms with E-state index in [0.29, 0.717) is 55.8 Å². The number of benzene rings is 1. The van der Waals surface area contributed by atoms with Crippen molar-refractivity contribution in [3.8, 4) is 17.1 Å². The molecule has 1 fully saturated rings. The third-order valence-corrected chi connectivity index (χ3v) is 3.82. The number of carbonyl (C=O) groups is 1. The van der Waals surface area contributed by atoms with Crippen LogP contribution >= 0.6 is 0 Å². The summed E-state index contributed by atoms with van der Waals surface area (Å²) in [5.74, 6) is -0.167. The maximum Gasteiger partial charge on any atom is 0.358 e. The van der Waals surface area contributed by atoms with Crippen LogP contribution in [0.2, 0.25) is 0 Å². The van der Waals surface area contributed by atoms with Crippen molar-refractivity contribution in [2.45, 2.75) is 6.92 Å². The van der Waals surface area contributed by atoms with Gasteiger partial charge in [0.2, 0.25) is 0 Å². The summed E-state index contributed by atoms with van der Waals surface area (Å²) in [5, 5.41) is 9.60. The van der Waals surface area contributed by atoms with E-state index in [4.69, 9.17) is 15.2 Å². The Morgan fingerprint density at radius 1 is 1.28 bits per heavy atom. The van der Waals surface area contributed by atoms with Crippen LogP contribution in [0.3, 0.4) is 0 Å². The first-order chi connectivity index (χ1) is 12.1. The maximum absolute atomic E-state index is 11.7. The lowest BCUT2D eigenvalue weighted by Gasteiger charge is -2.29. The topological polar surface area (TPSA) is 111 Å². The van der Waals surface area contributed by atoms with Gasteiger partial charge in [0.05, 0.1) is 19.8 Å². The van der Waals surface area contributed by atoms with Crippen molar-refractivity contribution in [2.75, 3.05) is 43.5 Å². The van der Waals surface area contributed by atoms with Gasteiger partial charge in [0.15, 0.2) is 23.1 Å². The van der Waals surface area contributed by atoms with Gasteiger partial charge in [-0.1, -0.05) is 0 Å². The number of nitrogen functional groups attached to an aromatic ring is 1. The van der Waals surface area contributed by atoms with Crippen molar-refractivity contribution in [2.24, 2.45) is 0 Å². The molecule has 1 aliphatic heterocycles. The minimum atomic E-state index is -1.16. The number of carboxylic acids is 1. The lowest BCUT2D eigenvalue weighted by Crippen LogP contribution is -2.37. The van der Waals surface area contributed by atoms with Crippen LogP contribution in [0.1, 0.15) is 17.4 Å². The Hall–Kier alpha value is -2.87. The Labute approximate surface area is 145 Å². The molecule has 0 aliphatic carbocycles. The minimum Gasteiger partial charge on any atom is -0.488 e. The lowest BCUT2D eigenvalue weighted by molar-refractivity contribution is 0.0685. The number of aromatic nitrogens is 2. The third-order valence-electron chi connectivity index (χ3n) is 3.82. The summed E-state index contributed by atoms with van der Waals surface area (Å²) in [6.45, 7) is 4.43. The Morgan fingerprint density at radius 2 is 1.96 bits per heavy atom. The van der Waals surface area contributed by atoms with E-state index in [1.807, 2.05) is 4.90 Å². The Bertz CT molecular complexity index is 758. The van der Waals surface area contributed by atoms with Gasteiger partial charge in [-0.25, -0.2) is 14.8 Å². The number of anilines is 2. The molecule has 132 valence electrons. The first-order valence-electron chi connectivity index (χ1n) is 8.07. The third kappa shape index (κ3) is 3.63. The predicted molar refractivity (Wildman–Crippen MR) is 93.0 cm³/mol. The normalized spacial score (nSPS) is 14.4. The summed E-state index contributed by atoms with van der Waals surface area (Å²) in [6, 6.07) is 6.98. The van der Waals surface area contributed by atoms with E-state index in [1.165, 1.54) is 0 Å². The van der Waals surface area contributed by atoms with Crippen LogP contribution in [0.4, 0.5) is 11.5 Å². The summed E-state index contributed by atoms with van der Waals surface area (Å²) in [6.07, 6.45) is 0. The summed E-state index contributed by atoms with van der Waals surface area (Å²) >= 11 is 0. The predicted octanol–water partition coefficient (Wildman–Crippen LogP) is 1.66. The highest BCUT2D eigenvalue weighted by Gasteiger charge is 2.26. The number of rotatable bonds is 5. The van der Waals surface area contributed by atoms with Crippen LogP contribution in [0.25, 0.3) is 11.4 Å². The summed E-state index contributed by atoms with van der Waals surface area (Å²) < 4.78 is 11.0. The summed E-state index contributed by atoms with van der Waals surface area (Å²) in [4.78, 5) is 22.5. The van der Waals surface area contributed by atoms with E-state index in [9.17, 15) is 9.90 Å². The van der Waals surface area contributed by atoms with Gasteiger partial charge in [-0.2, -0.15) is 0 Å². The average molecular weight is 344 g/mol. The maximum atomic E-state index is 11.7. The highest BCUT2D eigenvalue weighted by atomic mass is 16.5. The fourth-order valence-corrected chi connectivity index (χ4v) is 2.61. The number of carboxylic acid groups (broad SMARTS) is 1. The van der Waals surface area contributed by atoms with Gasteiger partial charge < -0.3 is 25.2 Å². The van der Waals surface area contributed by atoms with Crippen LogP contribution < -0.4 is 15.4 Å². The molecule has 3 N–H and O–H groups in total. The first kappa shape index (κ1) is 17.0. The van der Waals surface area contributed by atoms with Crippen molar-refractivity contribution in [3.05, 3.63) is 30.0 Å². The quantitative estimate of drug-likeness (QED) is 0.788. The highest BCUT2D eigenvalue weighted by molar-refractivity contribution is 5.91. The molecule has 0 saturated carbocycles. The zero-order valence-electron chi connectivity index (χ0n) is 13.9. The Balaban J connectivity index is 2.14. The van der Waals surface area contributed by atoms with Gasteiger partial charge in [-0.05, 0) is 31.2 Å². The molecule has 1 aromatic carbocycles. The number of nitrogens with zero attached hydrogens (tertiary/aromatic N) is 3. The number of ether oxygens (including phenoxy) is 2. The van der Waals surface area contributed by atoms with Crippen molar-refractivity contribution in [1.82, 2.24) is 9.97 Å². The van der Waals surface area contributed by atoms with Gasteiger partial charge in [0, 0.05) is 24.3 Å². The van der Waals surface area contributed by atoms with E-state index < -0.39 is 5.97 Å². The second-order valence-corrected chi connectivity index (χ2v) is 5.51. The van der Waals surface area contributed by atoms with Crippen LogP contribution in [-0.2, 0) is 4.74 Å². The molecular formula is C17H20N4O4. The van der Waals surface area contributed by atoms with Crippen LogP contribution in [0.5, 0.6) is 5.75 Å². The van der Waals surface area contributed by atoms with Gasteiger partial charge in [0.25, 0.3) is 0 Å². The first-order valence-corrected chi connectivity index (χ1v) is 8.07. The molecule has 2 aromatic rings. The molecule has 8 nitrogen and oxygen atoms in total. The van der Waals surface area contributed by atoms with Crippen molar-refractivity contribution in [3.63, 3.8) is 0 Å². The molecule has 3 rings (SSSR count). The van der Waals surface area contributed by atoms with Crippen LogP contribution in [0.15, 0.2) is 24.3 Å². The molecule has 0 unspecified atom stereocenters. The number of aromatic carboxylic acids is 1. The molecule has 8 heteroatoms. The largest absolute Gasteiger partial charge is 0.488 e. The summed E-state index contributed by atoms with van der Waals surface area (Å²) in [7, 11) is 0. The van der Waals surface area contributed by atoms with Crippen LogP contribution in [-0.4, -0.2) is 54.0 Å². The van der Waals surface area contributed by atoms with E-state index in [1.54, 1.807) is 31.2 Å². The molecule has 0 amide bonds. The molecular weight excluding hydrogens is 324 g/mol. The van der Waals surface area contributed by atoms with Gasteiger partial charge in [-0.3, -0.25) is 0 Å². The Morgan fingerprint density at radius 3 is 2.56 bits per heavy atom. The monoisotopic (exact) mass is 344 g/mol. The zero-order valence-corrected chi connectivity index (χ0v) is 13.9. The van der Waals surface area contributed by atoms with E-state index in [2.05, 4.69) is 9.97 Å². The molecule has 2 heterocycles. The molecule has 0 spiro atoms. The lowest BCUT2D eigenvalue weighted by atomic mass is 10.2. The molecule has 1 saturated heterocycles. The highest BCUT2D eigenvalue weighted by Crippen LogP contribution is 2.33. The number of hydrogen-bond acceptors (Lipinski definition) is 7. The smallest absolute Gasteiger partial charge is 0.358 e. The number of nitrogens with two attached hydrogens (primary N) is 1. The molecule has 25 heavy (non-hydrogen) atoms. The van der Waals surface area contributed by atoms with Gasteiger partial charge in [0.1, 0.15) is 0 Å². The van der Waals surface area contributed by atoms with E-state index >= 15 is 0 Å². The van der Waals surface area contributed by atoms with Crippen molar-refractivity contribution in [1.29, 1.82) is 0 Å². The number of morpholine rings is 1. The van der Waals surface area contributed by atoms with E-state index in [0.717, 1.165) is 0 Å². The molecule has 1 aromatic heterocycles.